The minimum atomic E-state index is -0.152. The molecule has 0 radical (unpaired) electrons. The number of nitrogen functional groups attached to an aromatic ring is 1. The lowest BCUT2D eigenvalue weighted by Crippen LogP contribution is -2.14. The van der Waals surface area contributed by atoms with Gasteiger partial charge in [-0.05, 0) is 23.4 Å². The molecule has 0 saturated carbocycles. The second-order valence-electron chi connectivity index (χ2n) is 5.96. The number of aryl methyl sites for hydroxylation is 1. The smallest absolute Gasteiger partial charge is 0.236 e. The van der Waals surface area contributed by atoms with E-state index in [0.29, 0.717) is 16.1 Å². The molecule has 4 rings (SSSR count). The van der Waals surface area contributed by atoms with E-state index in [0.717, 1.165) is 27.9 Å². The molecule has 6 nitrogen and oxygen atoms in total. The fourth-order valence-corrected chi connectivity index (χ4v) is 4.80. The van der Waals surface area contributed by atoms with Crippen LogP contribution in [0.4, 0.5) is 10.9 Å². The molecule has 1 amide bonds. The fourth-order valence-electron chi connectivity index (χ4n) is 2.58. The van der Waals surface area contributed by atoms with Crippen LogP contribution in [0.5, 0.6) is 0 Å². The molecule has 0 aliphatic carbocycles. The summed E-state index contributed by atoms with van der Waals surface area (Å²) < 4.78 is 0. The van der Waals surface area contributed by atoms with Gasteiger partial charge in [0, 0.05) is 10.9 Å². The lowest BCUT2D eigenvalue weighted by atomic mass is 10.1. The minimum Gasteiger partial charge on any atom is -0.383 e. The first-order chi connectivity index (χ1) is 13.6. The Bertz CT molecular complexity index is 1120. The molecule has 1 aromatic carbocycles. The van der Waals surface area contributed by atoms with Crippen molar-refractivity contribution in [3.8, 4) is 11.3 Å². The Balaban J connectivity index is 1.37. The number of aromatic nitrogens is 3. The van der Waals surface area contributed by atoms with Crippen LogP contribution in [0.25, 0.3) is 21.5 Å². The van der Waals surface area contributed by atoms with Gasteiger partial charge in [0.2, 0.25) is 5.91 Å². The van der Waals surface area contributed by atoms with Gasteiger partial charge < -0.3 is 11.1 Å². The number of thioether (sulfide) groups is 1. The van der Waals surface area contributed by atoms with Gasteiger partial charge in [-0.2, -0.15) is 0 Å². The number of hydrogen-bond acceptors (Lipinski definition) is 8. The van der Waals surface area contributed by atoms with E-state index in [9.17, 15) is 4.79 Å². The van der Waals surface area contributed by atoms with Gasteiger partial charge in [-0.15, -0.1) is 22.7 Å². The average molecular weight is 428 g/mol. The summed E-state index contributed by atoms with van der Waals surface area (Å²) in [5.41, 5.74) is 9.12. The van der Waals surface area contributed by atoms with E-state index in [1.165, 1.54) is 40.0 Å². The second-order valence-corrected chi connectivity index (χ2v) is 8.65. The SMILES string of the molecule is CCc1ccc(-c2csc(NC(=O)CSc3nc(N)c4ccsc4n3)n2)cc1. The van der Waals surface area contributed by atoms with Crippen molar-refractivity contribution in [2.24, 2.45) is 0 Å². The quantitative estimate of drug-likeness (QED) is 0.342. The van der Waals surface area contributed by atoms with E-state index in [-0.39, 0.29) is 11.7 Å². The van der Waals surface area contributed by atoms with Crippen LogP contribution < -0.4 is 11.1 Å². The zero-order chi connectivity index (χ0) is 19.5. The normalized spacial score (nSPS) is 11.0. The Labute approximate surface area is 174 Å². The monoisotopic (exact) mass is 427 g/mol. The van der Waals surface area contributed by atoms with E-state index in [1.807, 2.05) is 16.8 Å². The molecule has 4 aromatic rings. The topological polar surface area (TPSA) is 93.8 Å². The maximum atomic E-state index is 12.3. The molecule has 0 fully saturated rings. The maximum Gasteiger partial charge on any atom is 0.236 e. The first-order valence-corrected chi connectivity index (χ1v) is 11.3. The second kappa shape index (κ2) is 8.26. The highest BCUT2D eigenvalue weighted by Gasteiger charge is 2.11. The Hall–Kier alpha value is -2.49. The molecule has 9 heteroatoms. The third-order valence-corrected chi connectivity index (χ3v) is 6.49. The standard InChI is InChI=1S/C19H17N5OS3/c1-2-11-3-5-12(6-4-11)14-9-27-18(21-14)22-15(25)10-28-19-23-16(20)13-7-8-26-17(13)24-19/h3-9H,2,10H2,1H3,(H2,20,23,24)(H,21,22,25). The lowest BCUT2D eigenvalue weighted by Gasteiger charge is -2.03. The Morgan fingerprint density at radius 1 is 1.14 bits per heavy atom. The highest BCUT2D eigenvalue weighted by molar-refractivity contribution is 7.99. The Kier molecular flexibility index (Phi) is 5.56. The number of amides is 1. The zero-order valence-corrected chi connectivity index (χ0v) is 17.5. The van der Waals surface area contributed by atoms with Gasteiger partial charge in [0.1, 0.15) is 10.6 Å². The summed E-state index contributed by atoms with van der Waals surface area (Å²) in [7, 11) is 0. The molecular formula is C19H17N5OS3. The summed E-state index contributed by atoms with van der Waals surface area (Å²) in [6.45, 7) is 2.13. The number of thiazole rings is 1. The van der Waals surface area contributed by atoms with Crippen LogP contribution in [0.3, 0.4) is 0 Å². The number of fused-ring (bicyclic) bond motifs is 1. The predicted molar refractivity (Wildman–Crippen MR) is 118 cm³/mol. The van der Waals surface area contributed by atoms with Crippen molar-refractivity contribution in [1.82, 2.24) is 15.0 Å². The van der Waals surface area contributed by atoms with E-state index in [4.69, 9.17) is 5.73 Å². The first-order valence-electron chi connectivity index (χ1n) is 8.60. The highest BCUT2D eigenvalue weighted by atomic mass is 32.2. The van der Waals surface area contributed by atoms with Gasteiger partial charge >= 0.3 is 0 Å². The largest absolute Gasteiger partial charge is 0.383 e. The third-order valence-electron chi connectivity index (χ3n) is 4.07. The number of hydrogen-bond donors (Lipinski definition) is 2. The van der Waals surface area contributed by atoms with Crippen LogP contribution >= 0.6 is 34.4 Å². The molecule has 28 heavy (non-hydrogen) atoms. The summed E-state index contributed by atoms with van der Waals surface area (Å²) in [5.74, 6) is 0.477. The molecule has 0 aliphatic heterocycles. The van der Waals surface area contributed by atoms with E-state index in [1.54, 1.807) is 0 Å². The average Bonchev–Trinajstić information content (AvgIpc) is 3.36. The summed E-state index contributed by atoms with van der Waals surface area (Å²) in [6.07, 6.45) is 1.01. The van der Waals surface area contributed by atoms with Crippen LogP contribution in [0.15, 0.2) is 46.2 Å². The molecule has 3 heterocycles. The summed E-state index contributed by atoms with van der Waals surface area (Å²) >= 11 is 4.17. The molecule has 0 spiro atoms. The van der Waals surface area contributed by atoms with Crippen LogP contribution in [0, 0.1) is 0 Å². The molecular weight excluding hydrogens is 410 g/mol. The third kappa shape index (κ3) is 4.16. The van der Waals surface area contributed by atoms with Crippen molar-refractivity contribution in [2.45, 2.75) is 18.5 Å². The molecule has 0 saturated heterocycles. The number of nitrogens with zero attached hydrogens (tertiary/aromatic N) is 3. The number of carbonyl (C=O) groups is 1. The van der Waals surface area contributed by atoms with Gasteiger partial charge in [-0.25, -0.2) is 15.0 Å². The number of benzene rings is 1. The number of thiophene rings is 1. The summed E-state index contributed by atoms with van der Waals surface area (Å²) in [5, 5.41) is 8.63. The van der Waals surface area contributed by atoms with E-state index < -0.39 is 0 Å². The summed E-state index contributed by atoms with van der Waals surface area (Å²) in [6, 6.07) is 10.2. The molecule has 0 aliphatic rings. The van der Waals surface area contributed by atoms with Crippen molar-refractivity contribution in [3.63, 3.8) is 0 Å². The van der Waals surface area contributed by atoms with E-state index in [2.05, 4.69) is 51.5 Å². The first kappa shape index (κ1) is 18.9. The van der Waals surface area contributed by atoms with Crippen molar-refractivity contribution >= 4 is 61.5 Å². The maximum absolute atomic E-state index is 12.3. The number of rotatable bonds is 6. The van der Waals surface area contributed by atoms with Gasteiger partial charge in [0.25, 0.3) is 0 Å². The van der Waals surface area contributed by atoms with Crippen molar-refractivity contribution in [3.05, 3.63) is 46.7 Å². The Morgan fingerprint density at radius 3 is 2.75 bits per heavy atom. The number of nitrogens with one attached hydrogen (secondary N) is 1. The van der Waals surface area contributed by atoms with Gasteiger partial charge in [-0.1, -0.05) is 43.0 Å². The van der Waals surface area contributed by atoms with Crippen molar-refractivity contribution in [2.75, 3.05) is 16.8 Å². The molecule has 0 unspecified atom stereocenters. The molecule has 0 atom stereocenters. The van der Waals surface area contributed by atoms with Crippen LogP contribution in [-0.2, 0) is 11.2 Å². The van der Waals surface area contributed by atoms with Crippen LogP contribution in [0.2, 0.25) is 0 Å². The van der Waals surface area contributed by atoms with Crippen LogP contribution in [0.1, 0.15) is 12.5 Å². The van der Waals surface area contributed by atoms with E-state index >= 15 is 0 Å². The predicted octanol–water partition coefficient (Wildman–Crippen LogP) is 4.69. The molecule has 0 bridgehead atoms. The van der Waals surface area contributed by atoms with Crippen molar-refractivity contribution in [1.29, 1.82) is 0 Å². The lowest BCUT2D eigenvalue weighted by molar-refractivity contribution is -0.113. The number of anilines is 2. The molecule has 142 valence electrons. The molecule has 3 N–H and O–H groups in total. The molecule has 3 aromatic heterocycles. The minimum absolute atomic E-state index is 0.152. The highest BCUT2D eigenvalue weighted by Crippen LogP contribution is 2.27. The number of nitrogens with two attached hydrogens (primary N) is 1. The zero-order valence-electron chi connectivity index (χ0n) is 15.0. The van der Waals surface area contributed by atoms with Gasteiger partial charge in [-0.3, -0.25) is 4.79 Å². The fraction of sp³-hybridized carbons (Fsp3) is 0.158. The van der Waals surface area contributed by atoms with Crippen LogP contribution in [-0.4, -0.2) is 26.6 Å². The summed E-state index contributed by atoms with van der Waals surface area (Å²) in [4.78, 5) is 26.3. The van der Waals surface area contributed by atoms with Gasteiger partial charge in [0.05, 0.1) is 16.8 Å². The van der Waals surface area contributed by atoms with Crippen molar-refractivity contribution < 1.29 is 4.79 Å². The number of carbonyl (C=O) groups excluding carboxylic acids is 1. The Morgan fingerprint density at radius 2 is 1.96 bits per heavy atom. The van der Waals surface area contributed by atoms with Gasteiger partial charge in [0.15, 0.2) is 10.3 Å².